The zero-order chi connectivity index (χ0) is 26.2. The van der Waals surface area contributed by atoms with Crippen molar-refractivity contribution in [1.29, 1.82) is 0 Å². The van der Waals surface area contributed by atoms with Crippen molar-refractivity contribution in [2.45, 2.75) is 78.3 Å². The average Bonchev–Trinajstić information content (AvgIpc) is 3.04. The molecule has 37 heavy (non-hydrogen) atoms. The fraction of sp³-hybridized carbons (Fsp3) is 0.548. The molecule has 1 fully saturated rings. The summed E-state index contributed by atoms with van der Waals surface area (Å²) in [5, 5.41) is 0. The third kappa shape index (κ3) is 6.60. The number of aromatic nitrogens is 2. The highest BCUT2D eigenvalue weighted by Gasteiger charge is 2.27. The molecule has 0 bridgehead atoms. The number of aryl methyl sites for hydroxylation is 3. The number of anilines is 1. The third-order valence-corrected chi connectivity index (χ3v) is 7.66. The van der Waals surface area contributed by atoms with E-state index < -0.39 is 0 Å². The minimum absolute atomic E-state index is 0.0745. The number of nitrogens with zero attached hydrogens (tertiary/aromatic N) is 4. The van der Waals surface area contributed by atoms with E-state index in [2.05, 4.69) is 60.6 Å². The lowest BCUT2D eigenvalue weighted by atomic mass is 10.0. The summed E-state index contributed by atoms with van der Waals surface area (Å²) in [5.41, 5.74) is 5.31. The Balaban J connectivity index is 1.61. The molecule has 0 aliphatic carbocycles. The molecule has 4 rings (SSSR count). The van der Waals surface area contributed by atoms with Gasteiger partial charge in [-0.15, -0.1) is 0 Å². The number of hydrogen-bond acceptors (Lipinski definition) is 4. The SMILES string of the molecule is CCc1cccc(C)c1N(C(=O)Cn1c(CCCN2CCCCCC2)nc2ccccc21)C(C)COC. The average molecular weight is 505 g/mol. The zero-order valence-corrected chi connectivity index (χ0v) is 23.2. The molecule has 0 radical (unpaired) electrons. The van der Waals surface area contributed by atoms with Crippen LogP contribution >= 0.6 is 0 Å². The summed E-state index contributed by atoms with van der Waals surface area (Å²) >= 11 is 0. The van der Waals surface area contributed by atoms with Gasteiger partial charge in [-0.25, -0.2) is 4.98 Å². The molecular weight excluding hydrogens is 460 g/mol. The molecule has 2 heterocycles. The Morgan fingerprint density at radius 2 is 1.84 bits per heavy atom. The van der Waals surface area contributed by atoms with Crippen molar-refractivity contribution < 1.29 is 9.53 Å². The van der Waals surface area contributed by atoms with E-state index >= 15 is 0 Å². The van der Waals surface area contributed by atoms with Crippen molar-refractivity contribution in [2.75, 3.05) is 38.3 Å². The first-order valence-electron chi connectivity index (χ1n) is 14.1. The largest absolute Gasteiger partial charge is 0.383 e. The predicted molar refractivity (Wildman–Crippen MR) is 152 cm³/mol. The van der Waals surface area contributed by atoms with Gasteiger partial charge in [-0.05, 0) is 82.4 Å². The molecule has 200 valence electrons. The second kappa shape index (κ2) is 13.2. The number of rotatable bonds is 11. The van der Waals surface area contributed by atoms with Gasteiger partial charge >= 0.3 is 0 Å². The van der Waals surface area contributed by atoms with E-state index in [-0.39, 0.29) is 18.5 Å². The van der Waals surface area contributed by atoms with Gasteiger partial charge in [0.1, 0.15) is 12.4 Å². The standard InChI is InChI=1S/C31H44N4O2/c1-5-26-15-12-14-24(2)31(26)35(25(3)23-37-4)30(36)22-34-28-17-9-8-16-27(28)32-29(34)18-13-21-33-19-10-6-7-11-20-33/h8-9,12,14-17,25H,5-7,10-11,13,18-23H2,1-4H3. The number of carbonyl (C=O) groups is 1. The van der Waals surface area contributed by atoms with E-state index in [0.717, 1.165) is 53.9 Å². The Kier molecular flexibility index (Phi) is 9.75. The van der Waals surface area contributed by atoms with E-state index in [1.165, 1.54) is 44.3 Å². The number of likely N-dealkylation sites (tertiary alicyclic amines) is 1. The summed E-state index contributed by atoms with van der Waals surface area (Å²) in [6.45, 7) is 10.6. The number of imidazole rings is 1. The molecule has 1 amide bonds. The van der Waals surface area contributed by atoms with Gasteiger partial charge in [0.2, 0.25) is 5.91 Å². The van der Waals surface area contributed by atoms with Crippen LogP contribution in [0.4, 0.5) is 5.69 Å². The number of carbonyl (C=O) groups excluding carboxylic acids is 1. The van der Waals surface area contributed by atoms with Crippen LogP contribution in [0.25, 0.3) is 11.0 Å². The molecule has 1 saturated heterocycles. The lowest BCUT2D eigenvalue weighted by Gasteiger charge is -2.32. The second-order valence-electron chi connectivity index (χ2n) is 10.5. The van der Waals surface area contributed by atoms with E-state index in [0.29, 0.717) is 6.61 Å². The summed E-state index contributed by atoms with van der Waals surface area (Å²) in [6, 6.07) is 14.4. The van der Waals surface area contributed by atoms with Gasteiger partial charge < -0.3 is 19.1 Å². The van der Waals surface area contributed by atoms with Gasteiger partial charge in [0, 0.05) is 13.5 Å². The maximum atomic E-state index is 14.1. The summed E-state index contributed by atoms with van der Waals surface area (Å²) in [6.07, 6.45) is 8.12. The predicted octanol–water partition coefficient (Wildman–Crippen LogP) is 5.78. The minimum Gasteiger partial charge on any atom is -0.383 e. The van der Waals surface area contributed by atoms with Crippen LogP contribution in [0.5, 0.6) is 0 Å². The topological polar surface area (TPSA) is 50.6 Å². The summed E-state index contributed by atoms with van der Waals surface area (Å²) in [5.74, 6) is 1.08. The molecule has 1 aliphatic heterocycles. The fourth-order valence-electron chi connectivity index (χ4n) is 5.78. The van der Waals surface area contributed by atoms with Crippen molar-refractivity contribution in [2.24, 2.45) is 0 Å². The van der Waals surface area contributed by atoms with Gasteiger partial charge in [0.25, 0.3) is 0 Å². The van der Waals surface area contributed by atoms with Crippen LogP contribution in [0.15, 0.2) is 42.5 Å². The van der Waals surface area contributed by atoms with E-state index in [4.69, 9.17) is 9.72 Å². The molecule has 1 unspecified atom stereocenters. The molecule has 1 aliphatic rings. The van der Waals surface area contributed by atoms with Crippen molar-refractivity contribution in [3.63, 3.8) is 0 Å². The number of fused-ring (bicyclic) bond motifs is 1. The quantitative estimate of drug-likeness (QED) is 0.332. The molecule has 6 nitrogen and oxygen atoms in total. The molecular formula is C31H44N4O2. The Morgan fingerprint density at radius 1 is 1.08 bits per heavy atom. The molecule has 0 spiro atoms. The molecule has 0 saturated carbocycles. The fourth-order valence-corrected chi connectivity index (χ4v) is 5.78. The number of para-hydroxylation sites is 3. The summed E-state index contributed by atoms with van der Waals surface area (Å²) < 4.78 is 7.65. The van der Waals surface area contributed by atoms with Crippen molar-refractivity contribution in [3.8, 4) is 0 Å². The maximum Gasteiger partial charge on any atom is 0.247 e. The summed E-state index contributed by atoms with van der Waals surface area (Å²) in [7, 11) is 1.70. The first-order chi connectivity index (χ1) is 18.0. The van der Waals surface area contributed by atoms with Gasteiger partial charge in [-0.2, -0.15) is 0 Å². The smallest absolute Gasteiger partial charge is 0.247 e. The highest BCUT2D eigenvalue weighted by molar-refractivity contribution is 5.96. The normalized spacial score (nSPS) is 15.6. The lowest BCUT2D eigenvalue weighted by molar-refractivity contribution is -0.119. The van der Waals surface area contributed by atoms with Crippen LogP contribution in [0.2, 0.25) is 0 Å². The zero-order valence-electron chi connectivity index (χ0n) is 23.2. The van der Waals surface area contributed by atoms with Gasteiger partial charge in [-0.3, -0.25) is 4.79 Å². The highest BCUT2D eigenvalue weighted by atomic mass is 16.5. The van der Waals surface area contributed by atoms with Gasteiger partial charge in [-0.1, -0.05) is 50.1 Å². The number of amides is 1. The molecule has 6 heteroatoms. The number of benzene rings is 2. The Labute approximate surface area is 222 Å². The Hall–Kier alpha value is -2.70. The van der Waals surface area contributed by atoms with E-state index in [9.17, 15) is 4.79 Å². The number of ether oxygens (including phenoxy) is 1. The molecule has 3 aromatic rings. The van der Waals surface area contributed by atoms with Gasteiger partial charge in [0.05, 0.1) is 29.4 Å². The third-order valence-electron chi connectivity index (χ3n) is 7.66. The van der Waals surface area contributed by atoms with E-state index in [1.807, 2.05) is 17.0 Å². The van der Waals surface area contributed by atoms with Crippen LogP contribution in [0, 0.1) is 6.92 Å². The molecule has 1 atom stereocenters. The first-order valence-corrected chi connectivity index (χ1v) is 14.1. The Bertz CT molecular complexity index is 1160. The Morgan fingerprint density at radius 3 is 2.57 bits per heavy atom. The molecule has 2 aromatic carbocycles. The minimum atomic E-state index is -0.0785. The number of hydrogen-bond donors (Lipinski definition) is 0. The van der Waals surface area contributed by atoms with Crippen molar-refractivity contribution in [1.82, 2.24) is 14.5 Å². The molecule has 0 N–H and O–H groups in total. The number of methoxy groups -OCH3 is 1. The highest BCUT2D eigenvalue weighted by Crippen LogP contribution is 2.29. The monoisotopic (exact) mass is 504 g/mol. The van der Waals surface area contributed by atoms with E-state index in [1.54, 1.807) is 7.11 Å². The van der Waals surface area contributed by atoms with Crippen molar-refractivity contribution in [3.05, 3.63) is 59.4 Å². The lowest BCUT2D eigenvalue weighted by Crippen LogP contribution is -2.44. The van der Waals surface area contributed by atoms with Crippen LogP contribution in [0.1, 0.15) is 62.9 Å². The van der Waals surface area contributed by atoms with Crippen molar-refractivity contribution >= 4 is 22.6 Å². The second-order valence-corrected chi connectivity index (χ2v) is 10.5. The van der Waals surface area contributed by atoms with Gasteiger partial charge in [0.15, 0.2) is 0 Å². The first kappa shape index (κ1) is 27.3. The van der Waals surface area contributed by atoms with Crippen LogP contribution < -0.4 is 4.90 Å². The molecule has 1 aromatic heterocycles. The maximum absolute atomic E-state index is 14.1. The van der Waals surface area contributed by atoms with Crippen LogP contribution in [-0.4, -0.2) is 59.8 Å². The van der Waals surface area contributed by atoms with Crippen LogP contribution in [0.3, 0.4) is 0 Å². The van der Waals surface area contributed by atoms with Crippen LogP contribution in [-0.2, 0) is 28.9 Å². The summed E-state index contributed by atoms with van der Waals surface area (Å²) in [4.78, 5) is 23.7.